The van der Waals surface area contributed by atoms with Crippen molar-refractivity contribution in [1.82, 2.24) is 14.8 Å². The molecule has 2 aromatic heterocycles. The number of ether oxygens (including phenoxy) is 1. The number of thiazole rings is 1. The van der Waals surface area contributed by atoms with Gasteiger partial charge in [-0.05, 0) is 37.5 Å². The summed E-state index contributed by atoms with van der Waals surface area (Å²) >= 11 is 1.67. The standard InChI is InChI=1S/C20H22N4O2S/c1-14-18(27-13-21-14)7-10-24-12-16(11-22-24)23-19(25)20(8-9-20)15-3-5-17(26-2)6-4-15/h3-6,11-13H,7-10H2,1-2H3,(H,23,25). The van der Waals surface area contributed by atoms with Crippen LogP contribution in [-0.4, -0.2) is 27.8 Å². The van der Waals surface area contributed by atoms with Gasteiger partial charge in [0.2, 0.25) is 5.91 Å². The molecule has 0 radical (unpaired) electrons. The third kappa shape index (κ3) is 3.60. The molecule has 1 saturated carbocycles. The SMILES string of the molecule is COc1ccc(C2(C(=O)Nc3cnn(CCc4scnc4C)c3)CC2)cc1. The van der Waals surface area contributed by atoms with Crippen molar-refractivity contribution >= 4 is 22.9 Å². The maximum absolute atomic E-state index is 12.9. The molecule has 0 saturated heterocycles. The normalized spacial score (nSPS) is 14.7. The van der Waals surface area contributed by atoms with E-state index in [2.05, 4.69) is 15.4 Å². The van der Waals surface area contributed by atoms with Gasteiger partial charge >= 0.3 is 0 Å². The van der Waals surface area contributed by atoms with Crippen molar-refractivity contribution in [2.24, 2.45) is 0 Å². The number of rotatable bonds is 7. The van der Waals surface area contributed by atoms with Crippen molar-refractivity contribution in [3.05, 3.63) is 58.3 Å². The number of nitrogens with one attached hydrogen (secondary N) is 1. The van der Waals surface area contributed by atoms with Crippen LogP contribution in [0.3, 0.4) is 0 Å². The number of nitrogens with zero attached hydrogens (tertiary/aromatic N) is 3. The summed E-state index contributed by atoms with van der Waals surface area (Å²) in [5.41, 5.74) is 4.30. The van der Waals surface area contributed by atoms with Crippen LogP contribution < -0.4 is 10.1 Å². The van der Waals surface area contributed by atoms with Crippen molar-refractivity contribution in [2.45, 2.75) is 38.1 Å². The number of amides is 1. The second-order valence-electron chi connectivity index (χ2n) is 6.87. The van der Waals surface area contributed by atoms with Crippen molar-refractivity contribution in [3.63, 3.8) is 0 Å². The van der Waals surface area contributed by atoms with E-state index in [1.54, 1.807) is 24.6 Å². The molecule has 6 nitrogen and oxygen atoms in total. The lowest BCUT2D eigenvalue weighted by molar-refractivity contribution is -0.118. The number of anilines is 1. The van der Waals surface area contributed by atoms with Gasteiger partial charge in [0.1, 0.15) is 5.75 Å². The van der Waals surface area contributed by atoms with E-state index in [4.69, 9.17) is 4.74 Å². The predicted octanol–water partition coefficient (Wildman–Crippen LogP) is 3.57. The molecule has 27 heavy (non-hydrogen) atoms. The second kappa shape index (κ2) is 7.15. The van der Waals surface area contributed by atoms with Gasteiger partial charge in [-0.2, -0.15) is 5.10 Å². The molecule has 7 heteroatoms. The smallest absolute Gasteiger partial charge is 0.235 e. The van der Waals surface area contributed by atoms with Crippen LogP contribution >= 0.6 is 11.3 Å². The third-order valence-electron chi connectivity index (χ3n) is 5.13. The van der Waals surface area contributed by atoms with Crippen molar-refractivity contribution in [2.75, 3.05) is 12.4 Å². The van der Waals surface area contributed by atoms with E-state index in [9.17, 15) is 4.79 Å². The average molecular weight is 382 g/mol. The number of carbonyl (C=O) groups is 1. The Morgan fingerprint density at radius 2 is 2.11 bits per heavy atom. The molecule has 1 aliphatic rings. The van der Waals surface area contributed by atoms with Crippen LogP contribution in [0.5, 0.6) is 5.75 Å². The molecule has 1 N–H and O–H groups in total. The van der Waals surface area contributed by atoms with E-state index in [0.717, 1.165) is 48.5 Å². The third-order valence-corrected chi connectivity index (χ3v) is 6.13. The minimum Gasteiger partial charge on any atom is -0.497 e. The molecule has 1 aliphatic carbocycles. The van der Waals surface area contributed by atoms with Gasteiger partial charge in [-0.15, -0.1) is 11.3 Å². The molecular formula is C20H22N4O2S. The fraction of sp³-hybridized carbons (Fsp3) is 0.350. The van der Waals surface area contributed by atoms with E-state index in [1.807, 2.05) is 47.6 Å². The quantitative estimate of drug-likeness (QED) is 0.678. The summed E-state index contributed by atoms with van der Waals surface area (Å²) in [4.78, 5) is 18.4. The average Bonchev–Trinajstić information content (AvgIpc) is 3.22. The van der Waals surface area contributed by atoms with Crippen molar-refractivity contribution in [1.29, 1.82) is 0 Å². The summed E-state index contributed by atoms with van der Waals surface area (Å²) in [6.07, 6.45) is 6.22. The van der Waals surface area contributed by atoms with Crippen molar-refractivity contribution < 1.29 is 9.53 Å². The molecule has 0 bridgehead atoms. The Labute approximate surface area is 162 Å². The first-order valence-electron chi connectivity index (χ1n) is 8.98. The Kier molecular flexibility index (Phi) is 4.70. The topological polar surface area (TPSA) is 69.0 Å². The zero-order valence-corrected chi connectivity index (χ0v) is 16.3. The molecule has 1 fully saturated rings. The van der Waals surface area contributed by atoms with Gasteiger partial charge in [-0.3, -0.25) is 9.48 Å². The molecule has 4 rings (SSSR count). The zero-order valence-electron chi connectivity index (χ0n) is 15.4. The van der Waals surface area contributed by atoms with E-state index < -0.39 is 5.41 Å². The number of benzene rings is 1. The van der Waals surface area contributed by atoms with Crippen LogP contribution in [0.2, 0.25) is 0 Å². The maximum Gasteiger partial charge on any atom is 0.235 e. The molecular weight excluding hydrogens is 360 g/mol. The Balaban J connectivity index is 1.39. The van der Waals surface area contributed by atoms with Gasteiger partial charge in [0, 0.05) is 24.0 Å². The Bertz CT molecular complexity index is 941. The van der Waals surface area contributed by atoms with E-state index in [0.29, 0.717) is 0 Å². The summed E-state index contributed by atoms with van der Waals surface area (Å²) in [6.45, 7) is 2.79. The van der Waals surface area contributed by atoms with Gasteiger partial charge in [0.15, 0.2) is 0 Å². The lowest BCUT2D eigenvalue weighted by Crippen LogP contribution is -2.27. The van der Waals surface area contributed by atoms with Crippen LogP contribution in [0.1, 0.15) is 29.0 Å². The van der Waals surface area contributed by atoms with E-state index in [-0.39, 0.29) is 5.91 Å². The molecule has 0 aliphatic heterocycles. The molecule has 3 aromatic rings. The minimum absolute atomic E-state index is 0.0329. The molecule has 0 spiro atoms. The van der Waals surface area contributed by atoms with Crippen LogP contribution in [0.15, 0.2) is 42.2 Å². The maximum atomic E-state index is 12.9. The number of aryl methyl sites for hydroxylation is 3. The first-order chi connectivity index (χ1) is 13.1. The Morgan fingerprint density at radius 3 is 2.74 bits per heavy atom. The van der Waals surface area contributed by atoms with E-state index >= 15 is 0 Å². The van der Waals surface area contributed by atoms with Gasteiger partial charge in [0.05, 0.1) is 35.6 Å². The lowest BCUT2D eigenvalue weighted by Gasteiger charge is -2.15. The highest BCUT2D eigenvalue weighted by atomic mass is 32.1. The number of hydrogen-bond acceptors (Lipinski definition) is 5. The summed E-state index contributed by atoms with van der Waals surface area (Å²) in [5, 5.41) is 7.40. The van der Waals surface area contributed by atoms with Crippen LogP contribution in [0.25, 0.3) is 0 Å². The summed E-state index contributed by atoms with van der Waals surface area (Å²) in [5.74, 6) is 0.831. The second-order valence-corrected chi connectivity index (χ2v) is 7.81. The van der Waals surface area contributed by atoms with Crippen LogP contribution in [-0.2, 0) is 23.2 Å². The molecule has 0 unspecified atom stereocenters. The predicted molar refractivity (Wildman–Crippen MR) is 105 cm³/mol. The van der Waals surface area contributed by atoms with Crippen LogP contribution in [0, 0.1) is 6.92 Å². The van der Waals surface area contributed by atoms with Crippen LogP contribution in [0.4, 0.5) is 5.69 Å². The van der Waals surface area contributed by atoms with Gasteiger partial charge in [-0.1, -0.05) is 12.1 Å². The zero-order chi connectivity index (χ0) is 18.9. The Morgan fingerprint density at radius 1 is 1.33 bits per heavy atom. The monoisotopic (exact) mass is 382 g/mol. The molecule has 1 aromatic carbocycles. The number of aromatic nitrogens is 3. The van der Waals surface area contributed by atoms with Gasteiger partial charge < -0.3 is 10.1 Å². The molecule has 1 amide bonds. The van der Waals surface area contributed by atoms with Gasteiger partial charge in [-0.25, -0.2) is 4.98 Å². The largest absolute Gasteiger partial charge is 0.497 e. The molecule has 140 valence electrons. The summed E-state index contributed by atoms with van der Waals surface area (Å²) in [6, 6.07) is 7.77. The minimum atomic E-state index is -0.422. The fourth-order valence-corrected chi connectivity index (χ4v) is 4.04. The number of methoxy groups -OCH3 is 1. The lowest BCUT2D eigenvalue weighted by atomic mass is 9.95. The summed E-state index contributed by atoms with van der Waals surface area (Å²) in [7, 11) is 1.64. The van der Waals surface area contributed by atoms with Gasteiger partial charge in [0.25, 0.3) is 0 Å². The highest BCUT2D eigenvalue weighted by Crippen LogP contribution is 2.49. The number of carbonyl (C=O) groups excluding carboxylic acids is 1. The highest BCUT2D eigenvalue weighted by Gasteiger charge is 2.51. The molecule has 2 heterocycles. The fourth-order valence-electron chi connectivity index (χ4n) is 3.27. The Hall–Kier alpha value is -2.67. The van der Waals surface area contributed by atoms with E-state index in [1.165, 1.54) is 4.88 Å². The molecule has 0 atom stereocenters. The number of hydrogen-bond donors (Lipinski definition) is 1. The summed E-state index contributed by atoms with van der Waals surface area (Å²) < 4.78 is 7.07. The highest BCUT2D eigenvalue weighted by molar-refractivity contribution is 7.09. The first-order valence-corrected chi connectivity index (χ1v) is 9.86. The first kappa shape index (κ1) is 17.7. The van der Waals surface area contributed by atoms with Crippen molar-refractivity contribution in [3.8, 4) is 5.75 Å².